The average Bonchev–Trinajstić information content (AvgIpc) is 2.84. The third-order valence-electron chi connectivity index (χ3n) is 6.67. The van der Waals surface area contributed by atoms with Gasteiger partial charge in [-0.15, -0.1) is 0 Å². The maximum absolute atomic E-state index is 12.8. The Balaban J connectivity index is 1.55. The van der Waals surface area contributed by atoms with Crippen molar-refractivity contribution in [3.05, 3.63) is 88.0 Å². The van der Waals surface area contributed by atoms with Crippen LogP contribution in [0.4, 0.5) is 0 Å². The number of carbonyl (C=O) groups is 1. The zero-order valence-electron chi connectivity index (χ0n) is 22.3. The van der Waals surface area contributed by atoms with Crippen molar-refractivity contribution >= 4 is 5.91 Å². The first-order chi connectivity index (χ1) is 17.5. The van der Waals surface area contributed by atoms with E-state index in [1.54, 1.807) is 13.2 Å². The second-order valence-electron chi connectivity index (χ2n) is 10.1. The third-order valence-corrected chi connectivity index (χ3v) is 6.67. The minimum atomic E-state index is -0.896. The molecule has 3 rings (SSSR count). The van der Waals surface area contributed by atoms with E-state index in [0.29, 0.717) is 24.1 Å². The molecule has 0 spiro atoms. The molecule has 0 saturated heterocycles. The van der Waals surface area contributed by atoms with Gasteiger partial charge < -0.3 is 30.7 Å². The van der Waals surface area contributed by atoms with Crippen LogP contribution >= 0.6 is 0 Å². The van der Waals surface area contributed by atoms with Gasteiger partial charge in [-0.3, -0.25) is 4.79 Å². The van der Waals surface area contributed by atoms with Crippen molar-refractivity contribution in [2.24, 2.45) is 0 Å². The number of benzene rings is 3. The number of phenolic OH excluding ortho intramolecular Hbond substituents is 2. The lowest BCUT2D eigenvalue weighted by Crippen LogP contribution is -2.43. The molecule has 0 aliphatic heterocycles. The number of methoxy groups -OCH3 is 1. The van der Waals surface area contributed by atoms with Crippen LogP contribution in [-0.4, -0.2) is 47.0 Å². The predicted octanol–water partition coefficient (Wildman–Crippen LogP) is 4.34. The van der Waals surface area contributed by atoms with Gasteiger partial charge in [0.05, 0.1) is 13.2 Å². The highest BCUT2D eigenvalue weighted by Crippen LogP contribution is 2.26. The summed E-state index contributed by atoms with van der Waals surface area (Å²) in [6.45, 7) is 8.92. The second kappa shape index (κ2) is 12.1. The molecule has 0 radical (unpaired) electrons. The molecule has 0 saturated carbocycles. The van der Waals surface area contributed by atoms with E-state index >= 15 is 0 Å². The number of ether oxygens (including phenoxy) is 1. The van der Waals surface area contributed by atoms with E-state index in [0.717, 1.165) is 23.3 Å². The van der Waals surface area contributed by atoms with Crippen molar-refractivity contribution in [3.8, 4) is 17.2 Å². The van der Waals surface area contributed by atoms with Gasteiger partial charge in [-0.2, -0.15) is 0 Å². The van der Waals surface area contributed by atoms with Gasteiger partial charge in [0.25, 0.3) is 5.91 Å². The molecule has 3 aromatic rings. The molecule has 0 aliphatic rings. The Morgan fingerprint density at radius 3 is 2.38 bits per heavy atom. The number of β-amino-alcohol motifs (C(OH)–C–C–N with tert-alkyl or cyclic N) is 1. The fraction of sp³-hybridized carbons (Fsp3) is 0.367. The highest BCUT2D eigenvalue weighted by molar-refractivity contribution is 5.94. The van der Waals surface area contributed by atoms with Crippen molar-refractivity contribution in [2.45, 2.75) is 52.2 Å². The van der Waals surface area contributed by atoms with Crippen LogP contribution < -0.4 is 15.4 Å². The molecule has 3 aromatic carbocycles. The van der Waals surface area contributed by atoms with Crippen LogP contribution in [0.3, 0.4) is 0 Å². The Labute approximate surface area is 219 Å². The van der Waals surface area contributed by atoms with E-state index in [1.165, 1.54) is 29.3 Å². The quantitative estimate of drug-likeness (QED) is 0.265. The summed E-state index contributed by atoms with van der Waals surface area (Å²) in [5.41, 5.74) is 5.13. The highest BCUT2D eigenvalue weighted by atomic mass is 16.5. The normalized spacial score (nSPS) is 12.3. The number of aliphatic hydroxyl groups excluding tert-OH is 1. The molecule has 0 aromatic heterocycles. The highest BCUT2D eigenvalue weighted by Gasteiger charge is 2.21. The van der Waals surface area contributed by atoms with Gasteiger partial charge in [-0.25, -0.2) is 0 Å². The lowest BCUT2D eigenvalue weighted by molar-refractivity contribution is 0.0954. The molecule has 0 aliphatic carbocycles. The van der Waals surface area contributed by atoms with Crippen molar-refractivity contribution < 1.29 is 24.9 Å². The molecular weight excluding hydrogens is 468 g/mol. The number of hydrogen-bond acceptors (Lipinski definition) is 6. The number of rotatable bonds is 11. The fourth-order valence-corrected chi connectivity index (χ4v) is 4.45. The molecule has 1 atom stereocenters. The summed E-state index contributed by atoms with van der Waals surface area (Å²) in [4.78, 5) is 12.8. The Hall–Kier alpha value is -3.55. The lowest BCUT2D eigenvalue weighted by Gasteiger charge is -2.28. The third kappa shape index (κ3) is 7.71. The largest absolute Gasteiger partial charge is 0.508 e. The minimum absolute atomic E-state index is 0.0994. The van der Waals surface area contributed by atoms with Gasteiger partial charge in [0, 0.05) is 30.3 Å². The molecule has 198 valence electrons. The van der Waals surface area contributed by atoms with Gasteiger partial charge in [0.2, 0.25) is 0 Å². The number of aromatic hydroxyl groups is 2. The van der Waals surface area contributed by atoms with Crippen LogP contribution in [0.2, 0.25) is 0 Å². The second-order valence-corrected chi connectivity index (χ2v) is 10.1. The molecule has 0 unspecified atom stereocenters. The number of amides is 1. The predicted molar refractivity (Wildman–Crippen MR) is 145 cm³/mol. The standard InChI is InChI=1S/C30H38N2O5/c1-19-20(2)28(37-5)10-9-22(19)11-12-31-29(36)23-8-6-7-21(13-23)17-30(3,4)32-18-27(35)24-14-25(33)16-26(34)15-24/h6-10,13-16,27,32-35H,11-12,17-18H2,1-5H3,(H,31,36)/t27-/m0/s1. The maximum atomic E-state index is 12.8. The Kier molecular flexibility index (Phi) is 9.18. The maximum Gasteiger partial charge on any atom is 0.251 e. The molecule has 1 amide bonds. The zero-order valence-corrected chi connectivity index (χ0v) is 22.3. The van der Waals surface area contributed by atoms with Gasteiger partial charge in [0.1, 0.15) is 17.2 Å². The van der Waals surface area contributed by atoms with E-state index in [-0.39, 0.29) is 29.5 Å². The summed E-state index contributed by atoms with van der Waals surface area (Å²) in [6, 6.07) is 15.6. The molecule has 0 fully saturated rings. The Morgan fingerprint density at radius 2 is 1.70 bits per heavy atom. The summed E-state index contributed by atoms with van der Waals surface area (Å²) in [5.74, 6) is 0.553. The zero-order chi connectivity index (χ0) is 27.2. The molecule has 7 heteroatoms. The first-order valence-corrected chi connectivity index (χ1v) is 12.5. The smallest absolute Gasteiger partial charge is 0.251 e. The Morgan fingerprint density at radius 1 is 1.00 bits per heavy atom. The van der Waals surface area contributed by atoms with Crippen LogP contribution in [0.5, 0.6) is 17.2 Å². The van der Waals surface area contributed by atoms with Gasteiger partial charge in [0.15, 0.2) is 0 Å². The van der Waals surface area contributed by atoms with Gasteiger partial charge >= 0.3 is 0 Å². The van der Waals surface area contributed by atoms with Crippen molar-refractivity contribution in [2.75, 3.05) is 20.2 Å². The lowest BCUT2D eigenvalue weighted by atomic mass is 9.93. The van der Waals surface area contributed by atoms with E-state index in [9.17, 15) is 20.1 Å². The van der Waals surface area contributed by atoms with Gasteiger partial charge in [-0.1, -0.05) is 18.2 Å². The molecular formula is C30H38N2O5. The number of carbonyl (C=O) groups excluding carboxylic acids is 1. The van der Waals surface area contributed by atoms with Crippen LogP contribution in [0.1, 0.15) is 58.1 Å². The van der Waals surface area contributed by atoms with Crippen molar-refractivity contribution in [3.63, 3.8) is 0 Å². The van der Waals surface area contributed by atoms with Gasteiger partial charge in [-0.05, 0) is 98.7 Å². The average molecular weight is 507 g/mol. The monoisotopic (exact) mass is 506 g/mol. The summed E-state index contributed by atoms with van der Waals surface area (Å²) < 4.78 is 5.38. The summed E-state index contributed by atoms with van der Waals surface area (Å²) in [7, 11) is 1.67. The van der Waals surface area contributed by atoms with E-state index in [1.807, 2.05) is 51.1 Å². The Bertz CT molecular complexity index is 1220. The number of phenols is 2. The van der Waals surface area contributed by atoms with Crippen LogP contribution in [-0.2, 0) is 12.8 Å². The van der Waals surface area contributed by atoms with Crippen molar-refractivity contribution in [1.29, 1.82) is 0 Å². The molecule has 0 bridgehead atoms. The minimum Gasteiger partial charge on any atom is -0.508 e. The number of hydrogen-bond donors (Lipinski definition) is 5. The SMILES string of the molecule is COc1ccc(CCNC(=O)c2cccc(CC(C)(C)NC[C@H](O)c3cc(O)cc(O)c3)c2)c(C)c1C. The number of nitrogens with one attached hydrogen (secondary N) is 2. The van der Waals surface area contributed by atoms with E-state index in [4.69, 9.17) is 4.74 Å². The van der Waals surface area contributed by atoms with Crippen LogP contribution in [0, 0.1) is 13.8 Å². The van der Waals surface area contributed by atoms with E-state index in [2.05, 4.69) is 17.6 Å². The topological polar surface area (TPSA) is 111 Å². The van der Waals surface area contributed by atoms with Crippen molar-refractivity contribution in [1.82, 2.24) is 10.6 Å². The number of aliphatic hydroxyl groups is 1. The van der Waals surface area contributed by atoms with E-state index < -0.39 is 6.10 Å². The fourth-order valence-electron chi connectivity index (χ4n) is 4.45. The molecule has 0 heterocycles. The molecule has 37 heavy (non-hydrogen) atoms. The summed E-state index contributed by atoms with van der Waals surface area (Å²) in [6.07, 6.45) is 0.474. The first kappa shape index (κ1) is 28.0. The molecule has 7 nitrogen and oxygen atoms in total. The summed E-state index contributed by atoms with van der Waals surface area (Å²) >= 11 is 0. The first-order valence-electron chi connectivity index (χ1n) is 12.5. The van der Waals surface area contributed by atoms with Crippen LogP contribution in [0.25, 0.3) is 0 Å². The van der Waals surface area contributed by atoms with Crippen LogP contribution in [0.15, 0.2) is 54.6 Å². The molecule has 5 N–H and O–H groups in total. The summed E-state index contributed by atoms with van der Waals surface area (Å²) in [5, 5.41) is 36.2.